The normalized spacial score (nSPS) is 25.4. The van der Waals surface area contributed by atoms with Gasteiger partial charge in [-0.3, -0.25) is 4.79 Å². The molecule has 1 aliphatic heterocycles. The van der Waals surface area contributed by atoms with E-state index >= 15 is 0 Å². The standard InChI is InChI=1S/C20H24F2N2O/c1-19(2,3)15-11-14(15)18(25)24-8-6-20(12-23,7-9-24)16-10-13(21)4-5-17(16)22/h4-5,10,14-15H,6-9,11H2,1-3H3/t14-,15?/m1/s1. The van der Waals surface area contributed by atoms with Gasteiger partial charge in [-0.2, -0.15) is 5.26 Å². The molecule has 1 amide bonds. The number of carbonyl (C=O) groups is 1. The van der Waals surface area contributed by atoms with Crippen molar-refractivity contribution >= 4 is 5.91 Å². The average Bonchev–Trinajstić information content (AvgIpc) is 3.37. The summed E-state index contributed by atoms with van der Waals surface area (Å²) in [7, 11) is 0. The van der Waals surface area contributed by atoms with E-state index in [1.165, 1.54) is 0 Å². The molecule has 1 unspecified atom stereocenters. The van der Waals surface area contributed by atoms with Crippen LogP contribution in [0.3, 0.4) is 0 Å². The lowest BCUT2D eigenvalue weighted by Crippen LogP contribution is -2.46. The molecule has 2 fully saturated rings. The second-order valence-electron chi connectivity index (χ2n) is 8.46. The van der Waals surface area contributed by atoms with Gasteiger partial charge in [0.05, 0.1) is 11.5 Å². The molecular weight excluding hydrogens is 322 g/mol. The Morgan fingerprint density at radius 1 is 1.28 bits per heavy atom. The smallest absolute Gasteiger partial charge is 0.225 e. The Morgan fingerprint density at radius 3 is 2.44 bits per heavy atom. The SMILES string of the molecule is CC(C)(C)C1C[C@H]1C(=O)N1CCC(C#N)(c2cc(F)ccc2F)CC1. The monoisotopic (exact) mass is 346 g/mol. The third-order valence-corrected chi connectivity index (χ3v) is 5.81. The summed E-state index contributed by atoms with van der Waals surface area (Å²) in [6, 6.07) is 5.44. The first-order valence-corrected chi connectivity index (χ1v) is 8.83. The van der Waals surface area contributed by atoms with Gasteiger partial charge in [-0.25, -0.2) is 8.78 Å². The molecule has 25 heavy (non-hydrogen) atoms. The van der Waals surface area contributed by atoms with E-state index in [0.717, 1.165) is 24.6 Å². The number of hydrogen-bond acceptors (Lipinski definition) is 2. The zero-order valence-electron chi connectivity index (χ0n) is 15.0. The first-order valence-electron chi connectivity index (χ1n) is 8.83. The summed E-state index contributed by atoms with van der Waals surface area (Å²) in [6.07, 6.45) is 1.59. The lowest BCUT2D eigenvalue weighted by atomic mass is 9.73. The molecular formula is C20H24F2N2O. The van der Waals surface area contributed by atoms with Crippen molar-refractivity contribution in [3.05, 3.63) is 35.4 Å². The van der Waals surface area contributed by atoms with Crippen molar-refractivity contribution in [2.75, 3.05) is 13.1 Å². The molecule has 1 heterocycles. The topological polar surface area (TPSA) is 44.1 Å². The van der Waals surface area contributed by atoms with Crippen LogP contribution in [-0.2, 0) is 10.2 Å². The van der Waals surface area contributed by atoms with Crippen LogP contribution in [0.5, 0.6) is 0 Å². The molecule has 3 nitrogen and oxygen atoms in total. The summed E-state index contributed by atoms with van der Waals surface area (Å²) in [6.45, 7) is 7.27. The van der Waals surface area contributed by atoms with Crippen molar-refractivity contribution in [3.63, 3.8) is 0 Å². The predicted octanol–water partition coefficient (Wildman–Crippen LogP) is 4.03. The van der Waals surface area contributed by atoms with Crippen molar-refractivity contribution in [1.29, 1.82) is 5.26 Å². The molecule has 0 N–H and O–H groups in total. The molecule has 5 heteroatoms. The van der Waals surface area contributed by atoms with Crippen molar-refractivity contribution in [2.24, 2.45) is 17.3 Å². The number of likely N-dealkylation sites (tertiary alicyclic amines) is 1. The van der Waals surface area contributed by atoms with Crippen molar-refractivity contribution in [2.45, 2.75) is 45.4 Å². The highest BCUT2D eigenvalue weighted by Crippen LogP contribution is 2.52. The first-order chi connectivity index (χ1) is 11.7. The lowest BCUT2D eigenvalue weighted by Gasteiger charge is -2.38. The summed E-state index contributed by atoms with van der Waals surface area (Å²) in [5, 5.41) is 9.66. The maximum atomic E-state index is 14.2. The third-order valence-electron chi connectivity index (χ3n) is 5.81. The van der Waals surface area contributed by atoms with Crippen LogP contribution in [0.15, 0.2) is 18.2 Å². The number of piperidine rings is 1. The van der Waals surface area contributed by atoms with Crippen LogP contribution in [0.4, 0.5) is 8.78 Å². The van der Waals surface area contributed by atoms with E-state index in [-0.39, 0.29) is 22.8 Å². The number of halogens is 2. The molecule has 134 valence electrons. The Kier molecular flexibility index (Phi) is 4.35. The largest absolute Gasteiger partial charge is 0.342 e. The van der Waals surface area contributed by atoms with Crippen LogP contribution in [0.25, 0.3) is 0 Å². The molecule has 1 saturated carbocycles. The summed E-state index contributed by atoms with van der Waals surface area (Å²) in [4.78, 5) is 14.5. The van der Waals surface area contributed by atoms with Gasteiger partial charge in [0, 0.05) is 24.6 Å². The van der Waals surface area contributed by atoms with Gasteiger partial charge < -0.3 is 4.90 Å². The summed E-state index contributed by atoms with van der Waals surface area (Å²) in [5.74, 6) is -0.483. The Hall–Kier alpha value is -1.96. The highest BCUT2D eigenvalue weighted by atomic mass is 19.1. The fourth-order valence-electron chi connectivity index (χ4n) is 4.07. The van der Waals surface area contributed by atoms with Crippen LogP contribution in [0, 0.1) is 40.2 Å². The maximum Gasteiger partial charge on any atom is 0.225 e. The number of nitriles is 1. The van der Waals surface area contributed by atoms with Crippen LogP contribution in [0.2, 0.25) is 0 Å². The van der Waals surface area contributed by atoms with Gasteiger partial charge >= 0.3 is 0 Å². The quantitative estimate of drug-likeness (QED) is 0.811. The molecule has 2 aliphatic rings. The minimum atomic E-state index is -1.06. The van der Waals surface area contributed by atoms with Gasteiger partial charge in [-0.05, 0) is 48.8 Å². The molecule has 1 aromatic rings. The van der Waals surface area contributed by atoms with Gasteiger partial charge in [0.25, 0.3) is 0 Å². The van der Waals surface area contributed by atoms with E-state index in [1.54, 1.807) is 4.90 Å². The number of rotatable bonds is 2. The first kappa shape index (κ1) is 17.8. The van der Waals surface area contributed by atoms with Crippen LogP contribution >= 0.6 is 0 Å². The molecule has 0 aromatic heterocycles. The Balaban J connectivity index is 1.71. The zero-order chi connectivity index (χ0) is 18.4. The van der Waals surface area contributed by atoms with E-state index in [9.17, 15) is 18.8 Å². The van der Waals surface area contributed by atoms with E-state index < -0.39 is 17.0 Å². The molecule has 0 radical (unpaired) electrons. The Bertz CT molecular complexity index is 724. The van der Waals surface area contributed by atoms with E-state index in [0.29, 0.717) is 31.8 Å². The van der Waals surface area contributed by atoms with Gasteiger partial charge in [0.15, 0.2) is 0 Å². The summed E-state index contributed by atoms with van der Waals surface area (Å²) >= 11 is 0. The van der Waals surface area contributed by atoms with Crippen molar-refractivity contribution in [3.8, 4) is 6.07 Å². The molecule has 1 aliphatic carbocycles. The minimum absolute atomic E-state index is 0.0699. The number of benzene rings is 1. The second kappa shape index (κ2) is 6.09. The predicted molar refractivity (Wildman–Crippen MR) is 90.5 cm³/mol. The van der Waals surface area contributed by atoms with E-state index in [4.69, 9.17) is 0 Å². The average molecular weight is 346 g/mol. The molecule has 1 aromatic carbocycles. The molecule has 0 spiro atoms. The van der Waals surface area contributed by atoms with Crippen molar-refractivity contribution in [1.82, 2.24) is 4.90 Å². The third kappa shape index (κ3) is 3.27. The van der Waals surface area contributed by atoms with E-state index in [2.05, 4.69) is 26.8 Å². The van der Waals surface area contributed by atoms with Gasteiger partial charge in [-0.15, -0.1) is 0 Å². The maximum absolute atomic E-state index is 14.2. The van der Waals surface area contributed by atoms with Crippen molar-refractivity contribution < 1.29 is 13.6 Å². The fourth-order valence-corrected chi connectivity index (χ4v) is 4.07. The Labute approximate surface area is 147 Å². The lowest BCUT2D eigenvalue weighted by molar-refractivity contribution is -0.134. The summed E-state index contributed by atoms with van der Waals surface area (Å²) in [5.41, 5.74) is -0.825. The Morgan fingerprint density at radius 2 is 1.92 bits per heavy atom. The zero-order valence-corrected chi connectivity index (χ0v) is 15.0. The van der Waals surface area contributed by atoms with E-state index in [1.807, 2.05) is 0 Å². The van der Waals surface area contributed by atoms with Crippen LogP contribution in [0.1, 0.15) is 45.6 Å². The highest BCUT2D eigenvalue weighted by molar-refractivity contribution is 5.82. The van der Waals surface area contributed by atoms with Crippen LogP contribution in [-0.4, -0.2) is 23.9 Å². The van der Waals surface area contributed by atoms with Gasteiger partial charge in [0.1, 0.15) is 11.6 Å². The number of carbonyl (C=O) groups excluding carboxylic acids is 1. The summed E-state index contributed by atoms with van der Waals surface area (Å²) < 4.78 is 27.7. The number of hydrogen-bond donors (Lipinski definition) is 0. The number of nitrogens with zero attached hydrogens (tertiary/aromatic N) is 2. The van der Waals surface area contributed by atoms with Gasteiger partial charge in [0.2, 0.25) is 5.91 Å². The highest BCUT2D eigenvalue weighted by Gasteiger charge is 2.51. The number of amides is 1. The second-order valence-corrected chi connectivity index (χ2v) is 8.46. The molecule has 2 atom stereocenters. The minimum Gasteiger partial charge on any atom is -0.342 e. The van der Waals surface area contributed by atoms with Gasteiger partial charge in [-0.1, -0.05) is 20.8 Å². The fraction of sp³-hybridized carbons (Fsp3) is 0.600. The molecule has 1 saturated heterocycles. The molecule has 0 bridgehead atoms. The molecule has 3 rings (SSSR count). The van der Waals surface area contributed by atoms with Crippen LogP contribution < -0.4 is 0 Å².